The highest BCUT2D eigenvalue weighted by molar-refractivity contribution is 8.18. The number of benzene rings is 2. The standard InChI is InChI=1S/C18H15ClN2O2S/c1-12-4-2-3-5-15(12)20-11-21-17(22)16(24-18(21)23)10-13-6-8-14(19)9-7-13/h2-10,20H,11H2,1H3/b16-10+. The van der Waals surface area contributed by atoms with Gasteiger partial charge >= 0.3 is 0 Å². The first-order valence-electron chi connectivity index (χ1n) is 7.35. The summed E-state index contributed by atoms with van der Waals surface area (Å²) in [6, 6.07) is 14.8. The van der Waals surface area contributed by atoms with Crippen molar-refractivity contribution in [3.63, 3.8) is 0 Å². The van der Waals surface area contributed by atoms with Gasteiger partial charge in [-0.15, -0.1) is 0 Å². The minimum absolute atomic E-state index is 0.146. The lowest BCUT2D eigenvalue weighted by Crippen LogP contribution is -2.33. The maximum atomic E-state index is 12.4. The van der Waals surface area contributed by atoms with Crippen molar-refractivity contribution >= 4 is 46.3 Å². The molecule has 0 radical (unpaired) electrons. The number of hydrogen-bond donors (Lipinski definition) is 1. The minimum Gasteiger partial charge on any atom is -0.367 e. The summed E-state index contributed by atoms with van der Waals surface area (Å²) in [5.41, 5.74) is 2.79. The van der Waals surface area contributed by atoms with E-state index in [0.717, 1.165) is 28.6 Å². The molecule has 0 atom stereocenters. The number of anilines is 1. The second-order valence-corrected chi connectivity index (χ2v) is 6.74. The van der Waals surface area contributed by atoms with Gasteiger partial charge in [-0.05, 0) is 54.1 Å². The molecule has 2 amide bonds. The number of amides is 2. The third-order valence-corrected chi connectivity index (χ3v) is 4.77. The van der Waals surface area contributed by atoms with Crippen molar-refractivity contribution in [2.24, 2.45) is 0 Å². The van der Waals surface area contributed by atoms with Crippen molar-refractivity contribution < 1.29 is 9.59 Å². The number of carbonyl (C=O) groups is 2. The number of thioether (sulfide) groups is 1. The quantitative estimate of drug-likeness (QED) is 0.801. The fourth-order valence-corrected chi connectivity index (χ4v) is 3.25. The first-order chi connectivity index (χ1) is 11.5. The van der Waals surface area contributed by atoms with Crippen LogP contribution in [0.15, 0.2) is 53.4 Å². The van der Waals surface area contributed by atoms with Crippen LogP contribution in [0.2, 0.25) is 5.02 Å². The molecule has 1 aliphatic heterocycles. The summed E-state index contributed by atoms with van der Waals surface area (Å²) in [5.74, 6) is -0.291. The molecule has 1 aliphatic rings. The molecular weight excluding hydrogens is 344 g/mol. The molecule has 6 heteroatoms. The van der Waals surface area contributed by atoms with Gasteiger partial charge in [0, 0.05) is 10.7 Å². The molecule has 3 rings (SSSR count). The molecule has 1 N–H and O–H groups in total. The number of nitrogens with zero attached hydrogens (tertiary/aromatic N) is 1. The summed E-state index contributed by atoms with van der Waals surface area (Å²) < 4.78 is 0. The first-order valence-corrected chi connectivity index (χ1v) is 8.54. The van der Waals surface area contributed by atoms with E-state index in [-0.39, 0.29) is 17.8 Å². The maximum absolute atomic E-state index is 12.4. The Labute approximate surface area is 149 Å². The molecule has 0 unspecified atom stereocenters. The number of rotatable bonds is 4. The number of para-hydroxylation sites is 1. The van der Waals surface area contributed by atoms with Gasteiger partial charge in [0.2, 0.25) is 0 Å². The van der Waals surface area contributed by atoms with Gasteiger partial charge in [0.1, 0.15) is 0 Å². The monoisotopic (exact) mass is 358 g/mol. The third-order valence-electron chi connectivity index (χ3n) is 3.61. The largest absolute Gasteiger partial charge is 0.367 e. The van der Waals surface area contributed by atoms with Crippen LogP contribution in [0.3, 0.4) is 0 Å². The molecule has 4 nitrogen and oxygen atoms in total. The lowest BCUT2D eigenvalue weighted by Gasteiger charge is -2.15. The predicted molar refractivity (Wildman–Crippen MR) is 98.9 cm³/mol. The minimum atomic E-state index is -0.291. The molecule has 1 heterocycles. The highest BCUT2D eigenvalue weighted by Gasteiger charge is 2.34. The Morgan fingerprint density at radius 3 is 2.54 bits per heavy atom. The van der Waals surface area contributed by atoms with Crippen LogP contribution in [-0.2, 0) is 4.79 Å². The molecule has 2 aromatic carbocycles. The Morgan fingerprint density at radius 1 is 1.12 bits per heavy atom. The smallest absolute Gasteiger partial charge is 0.295 e. The van der Waals surface area contributed by atoms with Crippen molar-refractivity contribution in [3.8, 4) is 0 Å². The summed E-state index contributed by atoms with van der Waals surface area (Å²) in [6.45, 7) is 2.12. The van der Waals surface area contributed by atoms with Crippen LogP contribution in [-0.4, -0.2) is 22.7 Å². The lowest BCUT2D eigenvalue weighted by atomic mass is 10.2. The normalized spacial score (nSPS) is 16.1. The Kier molecular flexibility index (Phi) is 4.92. The van der Waals surface area contributed by atoms with Gasteiger partial charge in [0.25, 0.3) is 11.1 Å². The van der Waals surface area contributed by atoms with E-state index >= 15 is 0 Å². The highest BCUT2D eigenvalue weighted by Crippen LogP contribution is 2.32. The molecule has 0 spiro atoms. The lowest BCUT2D eigenvalue weighted by molar-refractivity contribution is -0.122. The zero-order valence-corrected chi connectivity index (χ0v) is 14.5. The number of imide groups is 1. The molecule has 0 aliphatic carbocycles. The Hall–Kier alpha value is -2.24. The Morgan fingerprint density at radius 2 is 1.83 bits per heavy atom. The maximum Gasteiger partial charge on any atom is 0.295 e. The molecule has 0 saturated carbocycles. The Bertz CT molecular complexity index is 818. The number of aryl methyl sites for hydroxylation is 1. The van der Waals surface area contributed by atoms with Gasteiger partial charge in [-0.25, -0.2) is 0 Å². The van der Waals surface area contributed by atoms with Gasteiger partial charge in [-0.3, -0.25) is 14.5 Å². The molecule has 122 valence electrons. The van der Waals surface area contributed by atoms with E-state index in [4.69, 9.17) is 11.6 Å². The van der Waals surface area contributed by atoms with Crippen molar-refractivity contribution in [1.29, 1.82) is 0 Å². The third kappa shape index (κ3) is 3.63. The second kappa shape index (κ2) is 7.11. The molecule has 1 fully saturated rings. The van der Waals surface area contributed by atoms with Crippen LogP contribution >= 0.6 is 23.4 Å². The van der Waals surface area contributed by atoms with Gasteiger partial charge in [0.15, 0.2) is 0 Å². The van der Waals surface area contributed by atoms with E-state index in [2.05, 4.69) is 5.32 Å². The zero-order chi connectivity index (χ0) is 17.1. The van der Waals surface area contributed by atoms with Gasteiger partial charge in [-0.1, -0.05) is 41.9 Å². The SMILES string of the molecule is Cc1ccccc1NCN1C(=O)S/C(=C/c2ccc(Cl)cc2)C1=O. The highest BCUT2D eigenvalue weighted by atomic mass is 35.5. The van der Waals surface area contributed by atoms with Crippen molar-refractivity contribution in [2.75, 3.05) is 12.0 Å². The van der Waals surface area contributed by atoms with Crippen LogP contribution in [0.4, 0.5) is 10.5 Å². The van der Waals surface area contributed by atoms with Gasteiger partial charge in [0.05, 0.1) is 11.6 Å². The fourth-order valence-electron chi connectivity index (χ4n) is 2.28. The van der Waals surface area contributed by atoms with Crippen LogP contribution in [0.25, 0.3) is 6.08 Å². The number of nitrogens with one attached hydrogen (secondary N) is 1. The summed E-state index contributed by atoms with van der Waals surface area (Å²) in [5, 5.41) is 3.48. The average molecular weight is 359 g/mol. The second-order valence-electron chi connectivity index (χ2n) is 5.31. The van der Waals surface area contributed by atoms with Gasteiger partial charge in [-0.2, -0.15) is 0 Å². The van der Waals surface area contributed by atoms with E-state index in [1.807, 2.05) is 43.3 Å². The summed E-state index contributed by atoms with van der Waals surface area (Å²) >= 11 is 6.80. The number of halogens is 1. The molecule has 0 aromatic heterocycles. The summed E-state index contributed by atoms with van der Waals surface area (Å²) in [4.78, 5) is 26.2. The van der Waals surface area contributed by atoms with Crippen LogP contribution in [0.1, 0.15) is 11.1 Å². The van der Waals surface area contributed by atoms with E-state index in [1.54, 1.807) is 18.2 Å². The van der Waals surface area contributed by atoms with Crippen LogP contribution in [0, 0.1) is 6.92 Å². The van der Waals surface area contributed by atoms with Crippen LogP contribution < -0.4 is 5.32 Å². The van der Waals surface area contributed by atoms with Crippen LogP contribution in [0.5, 0.6) is 0 Å². The topological polar surface area (TPSA) is 49.4 Å². The zero-order valence-electron chi connectivity index (χ0n) is 13.0. The first kappa shape index (κ1) is 16.6. The van der Waals surface area contributed by atoms with Gasteiger partial charge < -0.3 is 5.32 Å². The number of carbonyl (C=O) groups excluding carboxylic acids is 2. The molecule has 24 heavy (non-hydrogen) atoms. The molecule has 0 bridgehead atoms. The summed E-state index contributed by atoms with van der Waals surface area (Å²) in [7, 11) is 0. The molecular formula is C18H15ClN2O2S. The van der Waals surface area contributed by atoms with E-state index in [0.29, 0.717) is 9.93 Å². The molecule has 1 saturated heterocycles. The van der Waals surface area contributed by atoms with Crippen molar-refractivity contribution in [1.82, 2.24) is 4.90 Å². The molecule has 2 aromatic rings. The van der Waals surface area contributed by atoms with Crippen molar-refractivity contribution in [2.45, 2.75) is 6.92 Å². The van der Waals surface area contributed by atoms with E-state index in [1.165, 1.54) is 4.90 Å². The Balaban J connectivity index is 1.72. The van der Waals surface area contributed by atoms with E-state index in [9.17, 15) is 9.59 Å². The number of hydrogen-bond acceptors (Lipinski definition) is 4. The average Bonchev–Trinajstić information content (AvgIpc) is 2.83. The fraction of sp³-hybridized carbons (Fsp3) is 0.111. The van der Waals surface area contributed by atoms with Crippen molar-refractivity contribution in [3.05, 3.63) is 69.6 Å². The van der Waals surface area contributed by atoms with E-state index < -0.39 is 0 Å². The summed E-state index contributed by atoms with van der Waals surface area (Å²) in [6.07, 6.45) is 1.70. The predicted octanol–water partition coefficient (Wildman–Crippen LogP) is 4.75.